The minimum absolute atomic E-state index is 0.309. The van der Waals surface area contributed by atoms with Crippen LogP contribution in [0.2, 0.25) is 0 Å². The molecule has 0 spiro atoms. The summed E-state index contributed by atoms with van der Waals surface area (Å²) in [6.45, 7) is 1.15. The Kier molecular flexibility index (Phi) is 3.85. The molecule has 1 aliphatic rings. The number of piperidine rings is 1. The molecule has 21 heavy (non-hydrogen) atoms. The third-order valence-corrected chi connectivity index (χ3v) is 6.20. The lowest BCUT2D eigenvalue weighted by molar-refractivity contribution is 0.316. The number of hydrogen-bond donors (Lipinski definition) is 0. The lowest BCUT2D eigenvalue weighted by Crippen LogP contribution is -2.45. The number of anilines is 1. The Morgan fingerprint density at radius 2 is 2.05 bits per heavy atom. The first kappa shape index (κ1) is 14.7. The fraction of sp³-hybridized carbons (Fsp3) is 0.538. The van der Waals surface area contributed by atoms with Crippen molar-refractivity contribution in [2.24, 2.45) is 0 Å². The van der Waals surface area contributed by atoms with Crippen molar-refractivity contribution >= 4 is 37.4 Å². The molecule has 0 N–H and O–H groups in total. The van der Waals surface area contributed by atoms with Crippen molar-refractivity contribution in [2.75, 3.05) is 31.3 Å². The zero-order valence-corrected chi connectivity index (χ0v) is 13.7. The number of hydrogen-bond acceptors (Lipinski definition) is 6. The second-order valence-corrected chi connectivity index (χ2v) is 8.23. The van der Waals surface area contributed by atoms with E-state index in [0.29, 0.717) is 19.1 Å². The van der Waals surface area contributed by atoms with Gasteiger partial charge in [0.25, 0.3) is 0 Å². The SMILES string of the molecule is CN(c1ncnc2ccsc12)C1CCN(S(C)(=O)=O)CC1. The molecule has 3 heterocycles. The van der Waals surface area contributed by atoms with E-state index in [0.717, 1.165) is 28.9 Å². The van der Waals surface area contributed by atoms with Crippen LogP contribution in [-0.2, 0) is 10.0 Å². The number of thiophene rings is 1. The maximum atomic E-state index is 11.6. The summed E-state index contributed by atoms with van der Waals surface area (Å²) < 4.78 is 25.8. The fourth-order valence-corrected chi connectivity index (χ4v) is 4.51. The average Bonchev–Trinajstić information content (AvgIpc) is 2.94. The molecule has 2 aromatic rings. The zero-order valence-electron chi connectivity index (χ0n) is 12.1. The molecule has 8 heteroatoms. The van der Waals surface area contributed by atoms with E-state index in [-0.39, 0.29) is 0 Å². The Balaban J connectivity index is 1.78. The van der Waals surface area contributed by atoms with Crippen LogP contribution in [0.3, 0.4) is 0 Å². The zero-order chi connectivity index (χ0) is 15.0. The predicted molar refractivity (Wildman–Crippen MR) is 85.3 cm³/mol. The first-order valence-electron chi connectivity index (χ1n) is 6.83. The molecule has 0 amide bonds. The Morgan fingerprint density at radius 3 is 2.71 bits per heavy atom. The lowest BCUT2D eigenvalue weighted by atomic mass is 10.1. The monoisotopic (exact) mass is 326 g/mol. The van der Waals surface area contributed by atoms with Crippen LogP contribution in [0.25, 0.3) is 10.2 Å². The quantitative estimate of drug-likeness (QED) is 0.856. The van der Waals surface area contributed by atoms with Crippen LogP contribution in [-0.4, -0.2) is 55.1 Å². The van der Waals surface area contributed by atoms with Crippen LogP contribution < -0.4 is 4.90 Å². The van der Waals surface area contributed by atoms with E-state index in [1.807, 2.05) is 18.5 Å². The van der Waals surface area contributed by atoms with Gasteiger partial charge in [-0.3, -0.25) is 0 Å². The summed E-state index contributed by atoms with van der Waals surface area (Å²) in [4.78, 5) is 10.8. The van der Waals surface area contributed by atoms with Crippen LogP contribution in [0.15, 0.2) is 17.8 Å². The summed E-state index contributed by atoms with van der Waals surface area (Å²) >= 11 is 1.64. The van der Waals surface area contributed by atoms with Crippen LogP contribution in [0.1, 0.15) is 12.8 Å². The topological polar surface area (TPSA) is 66.4 Å². The number of rotatable bonds is 3. The summed E-state index contributed by atoms with van der Waals surface area (Å²) in [5.74, 6) is 0.938. The Morgan fingerprint density at radius 1 is 1.33 bits per heavy atom. The van der Waals surface area contributed by atoms with Gasteiger partial charge in [0, 0.05) is 26.2 Å². The van der Waals surface area contributed by atoms with Gasteiger partial charge in [-0.15, -0.1) is 11.3 Å². The van der Waals surface area contributed by atoms with Gasteiger partial charge in [-0.1, -0.05) is 0 Å². The lowest BCUT2D eigenvalue weighted by Gasteiger charge is -2.36. The molecule has 0 unspecified atom stereocenters. The van der Waals surface area contributed by atoms with Crippen LogP contribution in [0, 0.1) is 0 Å². The van der Waals surface area contributed by atoms with E-state index in [2.05, 4.69) is 14.9 Å². The standard InChI is InChI=1S/C13H18N4O2S2/c1-16(10-3-6-17(7-4-10)21(2,18)19)13-12-11(5-8-20-12)14-9-15-13/h5,8-10H,3-4,6-7H2,1-2H3. The molecule has 0 radical (unpaired) electrons. The highest BCUT2D eigenvalue weighted by atomic mass is 32.2. The van der Waals surface area contributed by atoms with Gasteiger partial charge < -0.3 is 4.90 Å². The Labute approximate surface area is 128 Å². The highest BCUT2D eigenvalue weighted by Crippen LogP contribution is 2.30. The smallest absolute Gasteiger partial charge is 0.211 e. The van der Waals surface area contributed by atoms with Crippen LogP contribution in [0.4, 0.5) is 5.82 Å². The maximum Gasteiger partial charge on any atom is 0.211 e. The van der Waals surface area contributed by atoms with Gasteiger partial charge >= 0.3 is 0 Å². The van der Waals surface area contributed by atoms with E-state index < -0.39 is 10.0 Å². The van der Waals surface area contributed by atoms with Crippen molar-refractivity contribution in [1.29, 1.82) is 0 Å². The highest BCUT2D eigenvalue weighted by molar-refractivity contribution is 7.88. The normalized spacial score (nSPS) is 18.2. The van der Waals surface area contributed by atoms with Crippen molar-refractivity contribution in [3.8, 4) is 0 Å². The van der Waals surface area contributed by atoms with Crippen molar-refractivity contribution < 1.29 is 8.42 Å². The van der Waals surface area contributed by atoms with Gasteiger partial charge in [0.05, 0.1) is 16.5 Å². The molecule has 1 fully saturated rings. The van der Waals surface area contributed by atoms with Gasteiger partial charge in [0.2, 0.25) is 10.0 Å². The maximum absolute atomic E-state index is 11.6. The van der Waals surface area contributed by atoms with Gasteiger partial charge in [-0.2, -0.15) is 0 Å². The van der Waals surface area contributed by atoms with E-state index in [1.165, 1.54) is 6.26 Å². The summed E-state index contributed by atoms with van der Waals surface area (Å²) in [6, 6.07) is 2.30. The van der Waals surface area contributed by atoms with Crippen molar-refractivity contribution in [2.45, 2.75) is 18.9 Å². The van der Waals surface area contributed by atoms with Crippen LogP contribution >= 0.6 is 11.3 Å². The average molecular weight is 326 g/mol. The number of fused-ring (bicyclic) bond motifs is 1. The largest absolute Gasteiger partial charge is 0.355 e. The number of nitrogens with zero attached hydrogens (tertiary/aromatic N) is 4. The predicted octanol–water partition coefficient (Wildman–Crippen LogP) is 1.55. The molecule has 0 saturated carbocycles. The Hall–Kier alpha value is -1.25. The molecular weight excluding hydrogens is 308 g/mol. The van der Waals surface area contributed by atoms with E-state index in [9.17, 15) is 8.42 Å². The van der Waals surface area contributed by atoms with Crippen molar-refractivity contribution in [3.05, 3.63) is 17.8 Å². The molecule has 2 aromatic heterocycles. The third kappa shape index (κ3) is 2.88. The minimum Gasteiger partial charge on any atom is -0.355 e. The van der Waals surface area contributed by atoms with Crippen molar-refractivity contribution in [3.63, 3.8) is 0 Å². The second kappa shape index (κ2) is 5.51. The molecular formula is C13H18N4O2S2. The molecule has 6 nitrogen and oxygen atoms in total. The molecule has 0 aromatic carbocycles. The molecule has 1 saturated heterocycles. The van der Waals surface area contributed by atoms with E-state index in [4.69, 9.17) is 0 Å². The highest BCUT2D eigenvalue weighted by Gasteiger charge is 2.28. The first-order valence-corrected chi connectivity index (χ1v) is 9.56. The van der Waals surface area contributed by atoms with E-state index >= 15 is 0 Å². The molecule has 0 atom stereocenters. The molecule has 1 aliphatic heterocycles. The van der Waals surface area contributed by atoms with Gasteiger partial charge in [0.1, 0.15) is 12.1 Å². The van der Waals surface area contributed by atoms with Gasteiger partial charge in [-0.25, -0.2) is 22.7 Å². The molecule has 114 valence electrons. The summed E-state index contributed by atoms with van der Waals surface area (Å²) in [5.41, 5.74) is 0.963. The van der Waals surface area contributed by atoms with Gasteiger partial charge in [0.15, 0.2) is 0 Å². The van der Waals surface area contributed by atoms with E-state index in [1.54, 1.807) is 22.0 Å². The third-order valence-electron chi connectivity index (χ3n) is 4.00. The Bertz CT molecular complexity index is 735. The summed E-state index contributed by atoms with van der Waals surface area (Å²) in [6.07, 6.45) is 4.50. The van der Waals surface area contributed by atoms with Gasteiger partial charge in [-0.05, 0) is 24.3 Å². The molecule has 0 aliphatic carbocycles. The number of aromatic nitrogens is 2. The molecule has 3 rings (SSSR count). The van der Waals surface area contributed by atoms with Crippen LogP contribution in [0.5, 0.6) is 0 Å². The first-order chi connectivity index (χ1) is 9.97. The second-order valence-electron chi connectivity index (χ2n) is 5.34. The summed E-state index contributed by atoms with van der Waals surface area (Å²) in [5, 5.41) is 2.02. The van der Waals surface area contributed by atoms with Crippen molar-refractivity contribution in [1.82, 2.24) is 14.3 Å². The fourth-order valence-electron chi connectivity index (χ4n) is 2.76. The summed E-state index contributed by atoms with van der Waals surface area (Å²) in [7, 11) is -1.04. The number of sulfonamides is 1. The molecule has 0 bridgehead atoms. The minimum atomic E-state index is -3.07.